The van der Waals surface area contributed by atoms with Crippen molar-refractivity contribution in [2.75, 3.05) is 33.1 Å². The Kier molecular flexibility index (Phi) is 6.34. The van der Waals surface area contributed by atoms with Crippen LogP contribution in [0, 0.1) is 0 Å². The number of benzene rings is 1. The van der Waals surface area contributed by atoms with E-state index < -0.39 is 11.8 Å². The Morgan fingerprint density at radius 2 is 2.00 bits per heavy atom. The van der Waals surface area contributed by atoms with E-state index >= 15 is 0 Å². The van der Waals surface area contributed by atoms with Crippen LogP contribution in [0.2, 0.25) is 0 Å². The lowest BCUT2D eigenvalue weighted by Gasteiger charge is -2.23. The van der Waals surface area contributed by atoms with Crippen molar-refractivity contribution in [1.82, 2.24) is 10.2 Å². The molecule has 1 aromatic carbocycles. The monoisotopic (exact) mass is 347 g/mol. The molecule has 1 atom stereocenters. The molecule has 24 heavy (non-hydrogen) atoms. The van der Waals surface area contributed by atoms with Crippen LogP contribution in [0.3, 0.4) is 0 Å². The second kappa shape index (κ2) is 8.47. The SMILES string of the molecule is COc1cccc(NC(=O)C(=O)NC[C@H](c2cccs2)N(C)C)c1. The largest absolute Gasteiger partial charge is 0.497 e. The van der Waals surface area contributed by atoms with Crippen molar-refractivity contribution in [2.45, 2.75) is 6.04 Å². The van der Waals surface area contributed by atoms with Gasteiger partial charge in [0.2, 0.25) is 0 Å². The number of anilines is 1. The Morgan fingerprint density at radius 3 is 2.62 bits per heavy atom. The van der Waals surface area contributed by atoms with E-state index in [0.29, 0.717) is 18.0 Å². The Bertz CT molecular complexity index is 686. The van der Waals surface area contributed by atoms with Crippen molar-refractivity contribution >= 4 is 28.8 Å². The predicted molar refractivity (Wildman–Crippen MR) is 95.4 cm³/mol. The predicted octanol–water partition coefficient (Wildman–Crippen LogP) is 2.11. The number of hydrogen-bond acceptors (Lipinski definition) is 5. The molecule has 0 saturated heterocycles. The van der Waals surface area contributed by atoms with Crippen molar-refractivity contribution in [1.29, 1.82) is 0 Å². The molecule has 0 aliphatic carbocycles. The Morgan fingerprint density at radius 1 is 1.21 bits per heavy atom. The molecule has 0 fully saturated rings. The van der Waals surface area contributed by atoms with Gasteiger partial charge in [0.15, 0.2) is 0 Å². The first-order valence-electron chi connectivity index (χ1n) is 7.44. The van der Waals surface area contributed by atoms with Crippen LogP contribution >= 0.6 is 11.3 Å². The molecule has 2 amide bonds. The summed E-state index contributed by atoms with van der Waals surface area (Å²) in [6, 6.07) is 10.9. The van der Waals surface area contributed by atoms with Gasteiger partial charge in [0.1, 0.15) is 5.75 Å². The average molecular weight is 347 g/mol. The summed E-state index contributed by atoms with van der Waals surface area (Å²) in [5.74, 6) is -0.758. The normalized spacial score (nSPS) is 11.8. The van der Waals surface area contributed by atoms with Gasteiger partial charge in [0.05, 0.1) is 13.2 Å². The average Bonchev–Trinajstić information content (AvgIpc) is 3.08. The molecule has 2 N–H and O–H groups in total. The third-order valence-corrected chi connectivity index (χ3v) is 4.46. The van der Waals surface area contributed by atoms with Crippen LogP contribution in [0.1, 0.15) is 10.9 Å². The lowest BCUT2D eigenvalue weighted by atomic mass is 10.2. The zero-order valence-electron chi connectivity index (χ0n) is 13.9. The van der Waals surface area contributed by atoms with Crippen LogP contribution < -0.4 is 15.4 Å². The van der Waals surface area contributed by atoms with Gasteiger partial charge in [-0.2, -0.15) is 0 Å². The van der Waals surface area contributed by atoms with Crippen molar-refractivity contribution in [3.8, 4) is 5.75 Å². The zero-order chi connectivity index (χ0) is 17.5. The number of carbonyl (C=O) groups is 2. The number of ether oxygens (including phenoxy) is 1. The standard InChI is InChI=1S/C17H21N3O3S/c1-20(2)14(15-8-5-9-24-15)11-18-16(21)17(22)19-12-6-4-7-13(10-12)23-3/h4-10,14H,11H2,1-3H3,(H,18,21)(H,19,22)/t14-/m1/s1. The van der Waals surface area contributed by atoms with Gasteiger partial charge in [0.25, 0.3) is 0 Å². The van der Waals surface area contributed by atoms with Crippen LogP contribution in [0.15, 0.2) is 41.8 Å². The second-order valence-electron chi connectivity index (χ2n) is 5.39. The lowest BCUT2D eigenvalue weighted by molar-refractivity contribution is -0.136. The van der Waals surface area contributed by atoms with Gasteiger partial charge in [-0.3, -0.25) is 9.59 Å². The van der Waals surface area contributed by atoms with E-state index in [4.69, 9.17) is 4.74 Å². The van der Waals surface area contributed by atoms with Crippen molar-refractivity contribution in [2.24, 2.45) is 0 Å². The van der Waals surface area contributed by atoms with Gasteiger partial charge in [-0.15, -0.1) is 11.3 Å². The Hall–Kier alpha value is -2.38. The van der Waals surface area contributed by atoms with E-state index in [1.807, 2.05) is 36.5 Å². The molecule has 2 rings (SSSR count). The molecular formula is C17H21N3O3S. The minimum atomic E-state index is -0.702. The maximum absolute atomic E-state index is 12.0. The molecule has 0 unspecified atom stereocenters. The summed E-state index contributed by atoms with van der Waals surface area (Å²) in [4.78, 5) is 27.2. The molecule has 0 bridgehead atoms. The van der Waals surface area contributed by atoms with E-state index in [1.54, 1.807) is 42.7 Å². The van der Waals surface area contributed by atoms with Crippen LogP contribution in [0.25, 0.3) is 0 Å². The Labute approximate surface area is 145 Å². The lowest BCUT2D eigenvalue weighted by Crippen LogP contribution is -2.40. The summed E-state index contributed by atoms with van der Waals surface area (Å²) in [5, 5.41) is 7.24. The van der Waals surface area contributed by atoms with E-state index in [0.717, 1.165) is 4.88 Å². The number of methoxy groups -OCH3 is 1. The van der Waals surface area contributed by atoms with Gasteiger partial charge in [-0.1, -0.05) is 12.1 Å². The molecular weight excluding hydrogens is 326 g/mol. The number of nitrogens with zero attached hydrogens (tertiary/aromatic N) is 1. The molecule has 128 valence electrons. The van der Waals surface area contributed by atoms with E-state index in [1.165, 1.54) is 0 Å². The summed E-state index contributed by atoms with van der Waals surface area (Å²) in [6.45, 7) is 0.359. The molecule has 0 spiro atoms. The number of likely N-dealkylation sites (N-methyl/N-ethyl adjacent to an activating group) is 1. The number of amides is 2. The molecule has 0 radical (unpaired) electrons. The molecule has 2 aromatic rings. The fourth-order valence-electron chi connectivity index (χ4n) is 2.18. The highest BCUT2D eigenvalue weighted by molar-refractivity contribution is 7.10. The van der Waals surface area contributed by atoms with E-state index in [9.17, 15) is 9.59 Å². The third-order valence-electron chi connectivity index (χ3n) is 3.48. The van der Waals surface area contributed by atoms with E-state index in [2.05, 4.69) is 10.6 Å². The second-order valence-corrected chi connectivity index (χ2v) is 6.37. The minimum absolute atomic E-state index is 0.0265. The smallest absolute Gasteiger partial charge is 0.313 e. The number of hydrogen-bond donors (Lipinski definition) is 2. The fourth-order valence-corrected chi connectivity index (χ4v) is 3.10. The summed E-state index contributed by atoms with van der Waals surface area (Å²) >= 11 is 1.62. The third kappa shape index (κ3) is 4.81. The number of rotatable bonds is 6. The fraction of sp³-hybridized carbons (Fsp3) is 0.294. The molecule has 0 saturated carbocycles. The van der Waals surface area contributed by atoms with Crippen molar-refractivity contribution in [3.05, 3.63) is 46.7 Å². The molecule has 1 heterocycles. The first-order valence-corrected chi connectivity index (χ1v) is 8.32. The van der Waals surface area contributed by atoms with Gasteiger partial charge in [-0.05, 0) is 37.7 Å². The highest BCUT2D eigenvalue weighted by Gasteiger charge is 2.19. The summed E-state index contributed by atoms with van der Waals surface area (Å²) < 4.78 is 5.09. The van der Waals surface area contributed by atoms with Crippen LogP contribution in [0.4, 0.5) is 5.69 Å². The van der Waals surface area contributed by atoms with Gasteiger partial charge in [-0.25, -0.2) is 0 Å². The van der Waals surface area contributed by atoms with Crippen LogP contribution in [0.5, 0.6) is 5.75 Å². The molecule has 7 heteroatoms. The van der Waals surface area contributed by atoms with Gasteiger partial charge < -0.3 is 20.3 Å². The summed E-state index contributed by atoms with van der Waals surface area (Å²) in [6.07, 6.45) is 0. The number of thiophene rings is 1. The summed E-state index contributed by atoms with van der Waals surface area (Å²) in [7, 11) is 5.42. The molecule has 6 nitrogen and oxygen atoms in total. The number of carbonyl (C=O) groups excluding carboxylic acids is 2. The van der Waals surface area contributed by atoms with Gasteiger partial charge in [0, 0.05) is 23.2 Å². The highest BCUT2D eigenvalue weighted by atomic mass is 32.1. The highest BCUT2D eigenvalue weighted by Crippen LogP contribution is 2.22. The quantitative estimate of drug-likeness (QED) is 0.785. The Balaban J connectivity index is 1.92. The molecule has 1 aromatic heterocycles. The van der Waals surface area contributed by atoms with Crippen LogP contribution in [-0.2, 0) is 9.59 Å². The number of nitrogens with one attached hydrogen (secondary N) is 2. The topological polar surface area (TPSA) is 70.7 Å². The molecule has 0 aliphatic rings. The summed E-state index contributed by atoms with van der Waals surface area (Å²) in [5.41, 5.74) is 0.511. The zero-order valence-corrected chi connectivity index (χ0v) is 14.7. The van der Waals surface area contributed by atoms with E-state index in [-0.39, 0.29) is 6.04 Å². The van der Waals surface area contributed by atoms with Crippen LogP contribution in [-0.4, -0.2) is 44.5 Å². The minimum Gasteiger partial charge on any atom is -0.497 e. The maximum Gasteiger partial charge on any atom is 0.313 e. The van der Waals surface area contributed by atoms with Gasteiger partial charge >= 0.3 is 11.8 Å². The molecule has 0 aliphatic heterocycles. The maximum atomic E-state index is 12.0. The first-order chi connectivity index (χ1) is 11.5. The van der Waals surface area contributed by atoms with Crippen molar-refractivity contribution < 1.29 is 14.3 Å². The van der Waals surface area contributed by atoms with Crippen molar-refractivity contribution in [3.63, 3.8) is 0 Å². The first kappa shape index (κ1) is 18.0.